The number of aromatic nitrogens is 3. The normalized spacial score (nSPS) is 24.9. The summed E-state index contributed by atoms with van der Waals surface area (Å²) in [5.41, 5.74) is 0.872. The van der Waals surface area contributed by atoms with E-state index in [1.807, 2.05) is 22.9 Å². The summed E-state index contributed by atoms with van der Waals surface area (Å²) in [6.07, 6.45) is 11.0. The van der Waals surface area contributed by atoms with E-state index >= 15 is 0 Å². The molecule has 6 nitrogen and oxygen atoms in total. The summed E-state index contributed by atoms with van der Waals surface area (Å²) in [5.74, 6) is -0.0802. The van der Waals surface area contributed by atoms with E-state index in [1.54, 1.807) is 24.9 Å². The SMILES string of the molecule is O=C(Cc1cccnc1)N[C@@H]1CCC[C@@H](n2ccnc2)[C@@H]1O. The number of imidazole rings is 1. The van der Waals surface area contributed by atoms with E-state index < -0.39 is 6.10 Å². The van der Waals surface area contributed by atoms with Crippen LogP contribution in [0.3, 0.4) is 0 Å². The number of pyridine rings is 1. The van der Waals surface area contributed by atoms with Gasteiger partial charge in [-0.25, -0.2) is 4.98 Å². The molecule has 0 aromatic carbocycles. The van der Waals surface area contributed by atoms with Crippen LogP contribution < -0.4 is 5.32 Å². The molecule has 1 amide bonds. The number of nitrogens with one attached hydrogen (secondary N) is 1. The zero-order valence-corrected chi connectivity index (χ0v) is 12.3. The minimum absolute atomic E-state index is 0.0278. The first-order valence-electron chi connectivity index (χ1n) is 7.58. The first-order chi connectivity index (χ1) is 10.7. The molecule has 1 aliphatic rings. The number of rotatable bonds is 4. The average Bonchev–Trinajstić information content (AvgIpc) is 3.04. The third-order valence-electron chi connectivity index (χ3n) is 4.16. The fourth-order valence-corrected chi connectivity index (χ4v) is 3.05. The van der Waals surface area contributed by atoms with E-state index in [-0.39, 0.29) is 24.4 Å². The molecule has 22 heavy (non-hydrogen) atoms. The summed E-state index contributed by atoms with van der Waals surface area (Å²) in [7, 11) is 0. The van der Waals surface area contributed by atoms with Crippen LogP contribution in [0.5, 0.6) is 0 Å². The van der Waals surface area contributed by atoms with E-state index in [0.717, 1.165) is 24.8 Å². The van der Waals surface area contributed by atoms with Gasteiger partial charge in [-0.2, -0.15) is 0 Å². The average molecular weight is 300 g/mol. The number of amides is 1. The van der Waals surface area contributed by atoms with Crippen molar-refractivity contribution < 1.29 is 9.90 Å². The number of hydrogen-bond donors (Lipinski definition) is 2. The molecule has 0 unspecified atom stereocenters. The van der Waals surface area contributed by atoms with E-state index in [2.05, 4.69) is 15.3 Å². The molecule has 3 atom stereocenters. The van der Waals surface area contributed by atoms with E-state index in [0.29, 0.717) is 0 Å². The van der Waals surface area contributed by atoms with Crippen LogP contribution in [0.1, 0.15) is 30.9 Å². The predicted octanol–water partition coefficient (Wildman–Crippen LogP) is 1.09. The maximum absolute atomic E-state index is 12.2. The van der Waals surface area contributed by atoms with Crippen molar-refractivity contribution in [3.05, 3.63) is 48.8 Å². The fraction of sp³-hybridized carbons (Fsp3) is 0.438. The van der Waals surface area contributed by atoms with Gasteiger partial charge in [0.2, 0.25) is 5.91 Å². The topological polar surface area (TPSA) is 80.0 Å². The number of carbonyl (C=O) groups excluding carboxylic acids is 1. The number of aliphatic hydroxyl groups is 1. The van der Waals surface area contributed by atoms with Gasteiger partial charge in [0.25, 0.3) is 0 Å². The Bertz CT molecular complexity index is 600. The molecular formula is C16H20N4O2. The van der Waals surface area contributed by atoms with Gasteiger partial charge in [0, 0.05) is 24.8 Å². The molecule has 0 radical (unpaired) electrons. The minimum Gasteiger partial charge on any atom is -0.389 e. The largest absolute Gasteiger partial charge is 0.389 e. The van der Waals surface area contributed by atoms with Crippen molar-refractivity contribution in [1.82, 2.24) is 19.9 Å². The van der Waals surface area contributed by atoms with Crippen molar-refractivity contribution >= 4 is 5.91 Å². The smallest absolute Gasteiger partial charge is 0.224 e. The number of nitrogens with zero attached hydrogens (tertiary/aromatic N) is 3. The maximum atomic E-state index is 12.2. The third kappa shape index (κ3) is 3.33. The lowest BCUT2D eigenvalue weighted by Gasteiger charge is -2.35. The third-order valence-corrected chi connectivity index (χ3v) is 4.16. The number of carbonyl (C=O) groups is 1. The summed E-state index contributed by atoms with van der Waals surface area (Å²) in [5, 5.41) is 13.5. The first-order valence-corrected chi connectivity index (χ1v) is 7.58. The lowest BCUT2D eigenvalue weighted by Crippen LogP contribution is -2.49. The summed E-state index contributed by atoms with van der Waals surface area (Å²) in [6.45, 7) is 0. The Morgan fingerprint density at radius 1 is 1.36 bits per heavy atom. The number of aliphatic hydroxyl groups excluding tert-OH is 1. The Morgan fingerprint density at radius 2 is 2.27 bits per heavy atom. The van der Waals surface area contributed by atoms with Gasteiger partial charge in [-0.3, -0.25) is 9.78 Å². The van der Waals surface area contributed by atoms with Gasteiger partial charge in [-0.1, -0.05) is 6.07 Å². The second kappa shape index (κ2) is 6.70. The van der Waals surface area contributed by atoms with E-state index in [1.165, 1.54) is 0 Å². The molecule has 0 aliphatic heterocycles. The van der Waals surface area contributed by atoms with Crippen LogP contribution in [0, 0.1) is 0 Å². The molecule has 0 bridgehead atoms. The van der Waals surface area contributed by atoms with Crippen LogP contribution in [0.15, 0.2) is 43.2 Å². The van der Waals surface area contributed by atoms with Gasteiger partial charge in [0.15, 0.2) is 0 Å². The lowest BCUT2D eigenvalue weighted by atomic mass is 9.87. The van der Waals surface area contributed by atoms with Gasteiger partial charge in [0.05, 0.1) is 30.9 Å². The molecule has 2 N–H and O–H groups in total. The Kier molecular flexibility index (Phi) is 4.48. The quantitative estimate of drug-likeness (QED) is 0.886. The van der Waals surface area contributed by atoms with Crippen molar-refractivity contribution in [2.75, 3.05) is 0 Å². The molecule has 1 aliphatic carbocycles. The molecule has 2 aromatic rings. The van der Waals surface area contributed by atoms with E-state index in [9.17, 15) is 9.90 Å². The monoisotopic (exact) mass is 300 g/mol. The zero-order chi connectivity index (χ0) is 15.4. The molecule has 0 spiro atoms. The molecule has 1 saturated carbocycles. The standard InChI is InChI=1S/C16H20N4O2/c21-15(9-12-3-2-6-17-10-12)19-13-4-1-5-14(16(13)22)20-8-7-18-11-20/h2-3,6-8,10-11,13-14,16,22H,1,4-5,9H2,(H,19,21)/t13-,14-,16-/m1/s1. The van der Waals surface area contributed by atoms with Crippen LogP contribution in [-0.2, 0) is 11.2 Å². The molecule has 1 fully saturated rings. The lowest BCUT2D eigenvalue weighted by molar-refractivity contribution is -0.122. The second-order valence-electron chi connectivity index (χ2n) is 5.71. The van der Waals surface area contributed by atoms with Crippen molar-refractivity contribution in [1.29, 1.82) is 0 Å². The van der Waals surface area contributed by atoms with Crippen LogP contribution in [0.4, 0.5) is 0 Å². The predicted molar refractivity (Wildman–Crippen MR) is 81.0 cm³/mol. The van der Waals surface area contributed by atoms with Gasteiger partial charge >= 0.3 is 0 Å². The summed E-state index contributed by atoms with van der Waals surface area (Å²) in [4.78, 5) is 20.2. The Labute approximate surface area is 129 Å². The van der Waals surface area contributed by atoms with Crippen LogP contribution >= 0.6 is 0 Å². The van der Waals surface area contributed by atoms with Crippen LogP contribution in [0.25, 0.3) is 0 Å². The Hall–Kier alpha value is -2.21. The summed E-state index contributed by atoms with van der Waals surface area (Å²) >= 11 is 0. The number of hydrogen-bond acceptors (Lipinski definition) is 4. The van der Waals surface area contributed by atoms with E-state index in [4.69, 9.17) is 0 Å². The first kappa shape index (κ1) is 14.7. The van der Waals surface area contributed by atoms with Crippen molar-refractivity contribution in [2.24, 2.45) is 0 Å². The molecular weight excluding hydrogens is 280 g/mol. The molecule has 2 heterocycles. The van der Waals surface area contributed by atoms with Gasteiger partial charge in [0.1, 0.15) is 0 Å². The minimum atomic E-state index is -0.596. The summed E-state index contributed by atoms with van der Waals surface area (Å²) < 4.78 is 1.92. The van der Waals surface area contributed by atoms with Gasteiger partial charge in [-0.05, 0) is 30.9 Å². The van der Waals surface area contributed by atoms with Crippen molar-refractivity contribution in [2.45, 2.75) is 43.9 Å². The molecule has 6 heteroatoms. The molecule has 116 valence electrons. The van der Waals surface area contributed by atoms with Gasteiger partial charge in [-0.15, -0.1) is 0 Å². The Morgan fingerprint density at radius 3 is 3.00 bits per heavy atom. The Balaban J connectivity index is 1.61. The highest BCUT2D eigenvalue weighted by Crippen LogP contribution is 2.28. The molecule has 0 saturated heterocycles. The highest BCUT2D eigenvalue weighted by Gasteiger charge is 2.33. The van der Waals surface area contributed by atoms with Crippen molar-refractivity contribution in [3.63, 3.8) is 0 Å². The van der Waals surface area contributed by atoms with Gasteiger partial charge < -0.3 is 15.0 Å². The molecule has 2 aromatic heterocycles. The maximum Gasteiger partial charge on any atom is 0.224 e. The van der Waals surface area contributed by atoms with Crippen LogP contribution in [0.2, 0.25) is 0 Å². The summed E-state index contributed by atoms with van der Waals surface area (Å²) in [6, 6.07) is 3.44. The van der Waals surface area contributed by atoms with Crippen LogP contribution in [-0.4, -0.2) is 37.7 Å². The highest BCUT2D eigenvalue weighted by molar-refractivity contribution is 5.78. The fourth-order valence-electron chi connectivity index (χ4n) is 3.05. The molecule has 3 rings (SSSR count). The van der Waals surface area contributed by atoms with Crippen molar-refractivity contribution in [3.8, 4) is 0 Å². The zero-order valence-electron chi connectivity index (χ0n) is 12.3. The highest BCUT2D eigenvalue weighted by atomic mass is 16.3. The second-order valence-corrected chi connectivity index (χ2v) is 5.71.